The lowest BCUT2D eigenvalue weighted by Crippen LogP contribution is -2.10. The number of carbonyl (C=O) groups is 1. The van der Waals surface area contributed by atoms with E-state index in [4.69, 9.17) is 9.47 Å². The van der Waals surface area contributed by atoms with Crippen LogP contribution in [0.5, 0.6) is 0 Å². The van der Waals surface area contributed by atoms with Crippen LogP contribution in [0.3, 0.4) is 0 Å². The first-order chi connectivity index (χ1) is 19.3. The van der Waals surface area contributed by atoms with Crippen molar-refractivity contribution < 1.29 is 14.3 Å². The maximum atomic E-state index is 11.9. The summed E-state index contributed by atoms with van der Waals surface area (Å²) >= 11 is 0. The normalized spacial score (nSPS) is 11.3. The molecule has 0 aliphatic carbocycles. The smallest absolute Gasteiger partial charge is 0.305 e. The fourth-order valence-corrected chi connectivity index (χ4v) is 5.43. The molecule has 0 saturated carbocycles. The lowest BCUT2D eigenvalue weighted by Gasteiger charge is -2.07. The third-order valence-corrected chi connectivity index (χ3v) is 8.12. The largest absolute Gasteiger partial charge is 0.463 e. The molecule has 0 unspecified atom stereocenters. The molecule has 3 heteroatoms. The molecule has 0 aromatic rings. The molecule has 0 aromatic carbocycles. The van der Waals surface area contributed by atoms with Crippen molar-refractivity contribution in [1.29, 1.82) is 0 Å². The Bertz CT molecular complexity index is 451. The van der Waals surface area contributed by atoms with E-state index < -0.39 is 0 Å². The van der Waals surface area contributed by atoms with Gasteiger partial charge < -0.3 is 9.47 Å². The number of unbranched alkanes of at least 4 members (excludes halogenated alkanes) is 27. The summed E-state index contributed by atoms with van der Waals surface area (Å²) in [6.45, 7) is 6.33. The van der Waals surface area contributed by atoms with Crippen LogP contribution in [0.1, 0.15) is 206 Å². The molecule has 0 bridgehead atoms. The van der Waals surface area contributed by atoms with E-state index in [1.165, 1.54) is 167 Å². The number of hydrogen-bond donors (Lipinski definition) is 0. The minimum absolute atomic E-state index is 0.0518. The molecular weight excluding hydrogens is 480 g/mol. The number of rotatable bonds is 34. The predicted octanol–water partition coefficient (Wildman–Crippen LogP) is 12.3. The zero-order valence-electron chi connectivity index (χ0n) is 27.1. The Morgan fingerprint density at radius 1 is 0.359 bits per heavy atom. The number of ether oxygens (including phenoxy) is 2. The molecule has 0 aromatic heterocycles. The Hall–Kier alpha value is -0.570. The summed E-state index contributed by atoms with van der Waals surface area (Å²) in [6.07, 6.45) is 40.1. The van der Waals surface area contributed by atoms with Gasteiger partial charge in [0.1, 0.15) is 6.61 Å². The van der Waals surface area contributed by atoms with Gasteiger partial charge in [-0.15, -0.1) is 0 Å². The Balaban J connectivity index is 3.13. The summed E-state index contributed by atoms with van der Waals surface area (Å²) < 4.78 is 11.0. The van der Waals surface area contributed by atoms with Gasteiger partial charge >= 0.3 is 5.97 Å². The van der Waals surface area contributed by atoms with Gasteiger partial charge in [0, 0.05) is 13.0 Å². The van der Waals surface area contributed by atoms with Gasteiger partial charge in [-0.2, -0.15) is 0 Å². The molecule has 0 aliphatic heterocycles. The Kier molecular flexibility index (Phi) is 34.9. The van der Waals surface area contributed by atoms with Gasteiger partial charge in [-0.05, 0) is 12.8 Å². The van der Waals surface area contributed by atoms with E-state index in [2.05, 4.69) is 13.8 Å². The van der Waals surface area contributed by atoms with Crippen LogP contribution in [0.25, 0.3) is 0 Å². The first-order valence-corrected chi connectivity index (χ1v) is 18.0. The van der Waals surface area contributed by atoms with Crippen LogP contribution in [0.2, 0.25) is 0 Å². The zero-order chi connectivity index (χ0) is 28.3. The second-order valence-corrected chi connectivity index (χ2v) is 12.1. The van der Waals surface area contributed by atoms with E-state index in [0.717, 1.165) is 25.9 Å². The highest BCUT2D eigenvalue weighted by atomic mass is 16.6. The molecule has 0 N–H and O–H groups in total. The molecule has 0 amide bonds. The van der Waals surface area contributed by atoms with Gasteiger partial charge in [0.15, 0.2) is 0 Å². The molecule has 234 valence electrons. The molecular formula is C36H72O3. The van der Waals surface area contributed by atoms with Crippen molar-refractivity contribution in [3.63, 3.8) is 0 Å². The quantitative estimate of drug-likeness (QED) is 0.0588. The third kappa shape index (κ3) is 35.4. The van der Waals surface area contributed by atoms with E-state index in [0.29, 0.717) is 19.6 Å². The van der Waals surface area contributed by atoms with Gasteiger partial charge in [0.05, 0.1) is 6.61 Å². The Morgan fingerprint density at radius 2 is 0.667 bits per heavy atom. The first-order valence-electron chi connectivity index (χ1n) is 18.0. The summed E-state index contributed by atoms with van der Waals surface area (Å²) in [4.78, 5) is 11.9. The maximum Gasteiger partial charge on any atom is 0.305 e. The van der Waals surface area contributed by atoms with Crippen LogP contribution in [-0.2, 0) is 14.3 Å². The van der Waals surface area contributed by atoms with Gasteiger partial charge in [0.2, 0.25) is 0 Å². The second kappa shape index (κ2) is 35.5. The monoisotopic (exact) mass is 553 g/mol. The van der Waals surface area contributed by atoms with Crippen LogP contribution >= 0.6 is 0 Å². The molecule has 0 rings (SSSR count). The lowest BCUT2D eigenvalue weighted by molar-refractivity contribution is -0.145. The van der Waals surface area contributed by atoms with Crippen LogP contribution in [0.15, 0.2) is 0 Å². The zero-order valence-corrected chi connectivity index (χ0v) is 27.1. The average molecular weight is 553 g/mol. The minimum atomic E-state index is -0.0518. The van der Waals surface area contributed by atoms with Crippen LogP contribution in [0.4, 0.5) is 0 Å². The van der Waals surface area contributed by atoms with E-state index in [-0.39, 0.29) is 5.97 Å². The van der Waals surface area contributed by atoms with Crippen molar-refractivity contribution in [2.75, 3.05) is 19.8 Å². The first kappa shape index (κ1) is 38.4. The number of hydrogen-bond acceptors (Lipinski definition) is 3. The van der Waals surface area contributed by atoms with Crippen molar-refractivity contribution in [2.24, 2.45) is 0 Å². The summed E-state index contributed by atoms with van der Waals surface area (Å²) in [5.74, 6) is -0.0518. The molecule has 0 saturated heterocycles. The van der Waals surface area contributed by atoms with Crippen LogP contribution in [0, 0.1) is 0 Å². The van der Waals surface area contributed by atoms with Gasteiger partial charge in [-0.25, -0.2) is 0 Å². The topological polar surface area (TPSA) is 35.5 Å². The van der Waals surface area contributed by atoms with Crippen molar-refractivity contribution in [3.05, 3.63) is 0 Å². The standard InChI is InChI=1S/C36H72O3/c1-3-5-7-9-11-13-15-17-18-19-21-23-25-27-29-31-33-38-34-35-39-36(37)32-30-28-26-24-22-20-16-14-12-10-8-6-4-2/h3-35H2,1-2H3. The van der Waals surface area contributed by atoms with Crippen molar-refractivity contribution in [3.8, 4) is 0 Å². The molecule has 0 fully saturated rings. The van der Waals surface area contributed by atoms with E-state index in [1.807, 2.05) is 0 Å². The summed E-state index contributed by atoms with van der Waals surface area (Å²) in [7, 11) is 0. The maximum absolute atomic E-state index is 11.9. The summed E-state index contributed by atoms with van der Waals surface area (Å²) in [5.41, 5.74) is 0. The van der Waals surface area contributed by atoms with E-state index >= 15 is 0 Å². The Labute approximate surface area is 246 Å². The third-order valence-electron chi connectivity index (χ3n) is 8.12. The van der Waals surface area contributed by atoms with Gasteiger partial charge in [-0.3, -0.25) is 4.79 Å². The van der Waals surface area contributed by atoms with Crippen molar-refractivity contribution in [1.82, 2.24) is 0 Å². The van der Waals surface area contributed by atoms with Crippen molar-refractivity contribution in [2.45, 2.75) is 206 Å². The number of carbonyl (C=O) groups excluding carboxylic acids is 1. The van der Waals surface area contributed by atoms with Gasteiger partial charge in [0.25, 0.3) is 0 Å². The predicted molar refractivity (Wildman–Crippen MR) is 172 cm³/mol. The highest BCUT2D eigenvalue weighted by molar-refractivity contribution is 5.69. The van der Waals surface area contributed by atoms with E-state index in [1.54, 1.807) is 0 Å². The van der Waals surface area contributed by atoms with Gasteiger partial charge in [-0.1, -0.05) is 187 Å². The lowest BCUT2D eigenvalue weighted by atomic mass is 10.0. The second-order valence-electron chi connectivity index (χ2n) is 12.1. The Morgan fingerprint density at radius 3 is 1.03 bits per heavy atom. The molecule has 3 nitrogen and oxygen atoms in total. The molecule has 0 heterocycles. The molecule has 39 heavy (non-hydrogen) atoms. The molecule has 0 spiro atoms. The SMILES string of the molecule is CCCCCCCCCCCCCCCCCCOCCOC(=O)CCCCCCCCCCCCCCC. The fourth-order valence-electron chi connectivity index (χ4n) is 5.43. The van der Waals surface area contributed by atoms with Crippen LogP contribution in [-0.4, -0.2) is 25.8 Å². The molecule has 0 aliphatic rings. The highest BCUT2D eigenvalue weighted by Gasteiger charge is 2.03. The molecule has 0 atom stereocenters. The van der Waals surface area contributed by atoms with E-state index in [9.17, 15) is 4.79 Å². The average Bonchev–Trinajstić information content (AvgIpc) is 2.94. The molecule has 0 radical (unpaired) electrons. The van der Waals surface area contributed by atoms with Crippen LogP contribution < -0.4 is 0 Å². The number of esters is 1. The fraction of sp³-hybridized carbons (Fsp3) is 0.972. The van der Waals surface area contributed by atoms with Crippen molar-refractivity contribution >= 4 is 5.97 Å². The highest BCUT2D eigenvalue weighted by Crippen LogP contribution is 2.15. The minimum Gasteiger partial charge on any atom is -0.463 e. The summed E-state index contributed by atoms with van der Waals surface area (Å²) in [6, 6.07) is 0. The summed E-state index contributed by atoms with van der Waals surface area (Å²) in [5, 5.41) is 0.